The smallest absolute Gasteiger partial charge is 0.0162 e. The molecule has 2 unspecified atom stereocenters. The Morgan fingerprint density at radius 3 is 2.54 bits per heavy atom. The first-order chi connectivity index (χ1) is 12.8. The Bertz CT molecular complexity index is 896. The summed E-state index contributed by atoms with van der Waals surface area (Å²) in [6.07, 6.45) is 17.9. The first kappa shape index (κ1) is 15.5. The van der Waals surface area contributed by atoms with E-state index in [-0.39, 0.29) is 0 Å². The van der Waals surface area contributed by atoms with Gasteiger partial charge in [-0.1, -0.05) is 61.2 Å². The van der Waals surface area contributed by atoms with Gasteiger partial charge in [0.1, 0.15) is 0 Å². The maximum atomic E-state index is 2.58. The van der Waals surface area contributed by atoms with Crippen LogP contribution in [0.4, 0.5) is 0 Å². The van der Waals surface area contributed by atoms with E-state index in [1.54, 1.807) is 22.3 Å². The summed E-state index contributed by atoms with van der Waals surface area (Å²) in [5.74, 6) is 1.77. The summed E-state index contributed by atoms with van der Waals surface area (Å²) in [6, 6.07) is 12.5. The van der Waals surface area contributed by atoms with Crippen molar-refractivity contribution in [3.63, 3.8) is 0 Å². The van der Waals surface area contributed by atoms with E-state index in [4.69, 9.17) is 0 Å². The molecule has 0 aliphatic heterocycles. The van der Waals surface area contributed by atoms with Gasteiger partial charge in [0.25, 0.3) is 0 Å². The fourth-order valence-electron chi connectivity index (χ4n) is 6.85. The van der Waals surface area contributed by atoms with E-state index in [1.807, 2.05) is 0 Å². The lowest BCUT2D eigenvalue weighted by Gasteiger charge is -2.40. The lowest BCUT2D eigenvalue weighted by Crippen LogP contribution is -2.33. The van der Waals surface area contributed by atoms with Crippen LogP contribution in [0.3, 0.4) is 0 Å². The van der Waals surface area contributed by atoms with Crippen molar-refractivity contribution in [2.45, 2.75) is 76.5 Å². The fraction of sp³-hybridized carbons (Fsp3) is 0.538. The van der Waals surface area contributed by atoms with Crippen molar-refractivity contribution in [3.05, 3.63) is 58.7 Å². The Kier molecular flexibility index (Phi) is 3.41. The molecule has 0 heterocycles. The summed E-state index contributed by atoms with van der Waals surface area (Å²) < 4.78 is 0. The second-order valence-corrected chi connectivity index (χ2v) is 9.78. The molecule has 1 spiro atoms. The van der Waals surface area contributed by atoms with Crippen molar-refractivity contribution in [3.8, 4) is 0 Å². The zero-order chi connectivity index (χ0) is 17.1. The van der Waals surface area contributed by atoms with Gasteiger partial charge in [0.15, 0.2) is 0 Å². The molecular weight excluding hydrogens is 312 g/mol. The fourth-order valence-corrected chi connectivity index (χ4v) is 6.85. The van der Waals surface area contributed by atoms with E-state index in [9.17, 15) is 0 Å². The minimum Gasteiger partial charge on any atom is -0.0850 e. The summed E-state index contributed by atoms with van der Waals surface area (Å²) in [5.41, 5.74) is 7.32. The lowest BCUT2D eigenvalue weighted by molar-refractivity contribution is 0.169. The van der Waals surface area contributed by atoms with Crippen LogP contribution in [0.2, 0.25) is 0 Å². The average Bonchev–Trinajstić information content (AvgIpc) is 3.28. The zero-order valence-electron chi connectivity index (χ0n) is 15.9. The van der Waals surface area contributed by atoms with Gasteiger partial charge in [-0.05, 0) is 96.1 Å². The molecule has 26 heavy (non-hydrogen) atoms. The summed E-state index contributed by atoms with van der Waals surface area (Å²) >= 11 is 0. The average molecular weight is 343 g/mol. The van der Waals surface area contributed by atoms with E-state index >= 15 is 0 Å². The number of benzene rings is 2. The molecule has 2 atom stereocenters. The van der Waals surface area contributed by atoms with Crippen LogP contribution in [0.5, 0.6) is 0 Å². The number of aryl methyl sites for hydroxylation is 1. The molecule has 2 aromatic rings. The third-order valence-electron chi connectivity index (χ3n) is 8.34. The number of rotatable bonds is 1. The van der Waals surface area contributed by atoms with Crippen LogP contribution in [-0.2, 0) is 12.8 Å². The highest BCUT2D eigenvalue weighted by molar-refractivity contribution is 5.85. The molecule has 6 rings (SSSR count). The van der Waals surface area contributed by atoms with Crippen LogP contribution in [0.25, 0.3) is 10.8 Å². The zero-order valence-corrected chi connectivity index (χ0v) is 15.9. The molecule has 0 radical (unpaired) electrons. The number of fused-ring (bicyclic) bond motifs is 5. The SMILES string of the molecule is C1=C2CC(C1)C1(CCc3cc4ccc(C5CCCCC5)cc4cc3C1)C2. The third-order valence-corrected chi connectivity index (χ3v) is 8.34. The second-order valence-electron chi connectivity index (χ2n) is 9.78. The van der Waals surface area contributed by atoms with E-state index in [0.29, 0.717) is 5.41 Å². The number of allylic oxidation sites excluding steroid dienone is 2. The highest BCUT2D eigenvalue weighted by Gasteiger charge is 2.48. The van der Waals surface area contributed by atoms with Crippen molar-refractivity contribution in [2.24, 2.45) is 11.3 Å². The largest absolute Gasteiger partial charge is 0.0850 e. The Hall–Kier alpha value is -1.56. The molecule has 2 bridgehead atoms. The van der Waals surface area contributed by atoms with Gasteiger partial charge in [-0.25, -0.2) is 0 Å². The molecular formula is C26H30. The van der Waals surface area contributed by atoms with Crippen molar-refractivity contribution in [1.82, 2.24) is 0 Å². The van der Waals surface area contributed by atoms with E-state index in [2.05, 4.69) is 36.4 Å². The maximum Gasteiger partial charge on any atom is -0.0162 e. The van der Waals surface area contributed by atoms with E-state index in [0.717, 1.165) is 11.8 Å². The molecule has 0 nitrogen and oxygen atoms in total. The maximum absolute atomic E-state index is 2.58. The van der Waals surface area contributed by atoms with Crippen LogP contribution in [0.15, 0.2) is 42.0 Å². The van der Waals surface area contributed by atoms with Crippen molar-refractivity contribution >= 4 is 10.8 Å². The predicted molar refractivity (Wildman–Crippen MR) is 110 cm³/mol. The molecule has 134 valence electrons. The molecule has 0 heteroatoms. The predicted octanol–water partition coefficient (Wildman–Crippen LogP) is 7.10. The van der Waals surface area contributed by atoms with Gasteiger partial charge in [-0.2, -0.15) is 0 Å². The molecule has 0 amide bonds. The highest BCUT2D eigenvalue weighted by atomic mass is 14.5. The Labute approximate surface area is 157 Å². The van der Waals surface area contributed by atoms with Gasteiger partial charge in [-0.3, -0.25) is 0 Å². The molecule has 0 saturated heterocycles. The molecule has 2 aromatic carbocycles. The second kappa shape index (κ2) is 5.72. The van der Waals surface area contributed by atoms with Crippen molar-refractivity contribution < 1.29 is 0 Å². The minimum atomic E-state index is 0.617. The van der Waals surface area contributed by atoms with Crippen LogP contribution in [-0.4, -0.2) is 0 Å². The van der Waals surface area contributed by atoms with Gasteiger partial charge >= 0.3 is 0 Å². The molecule has 0 N–H and O–H groups in total. The Balaban J connectivity index is 1.37. The Morgan fingerprint density at radius 2 is 1.73 bits per heavy atom. The standard InChI is InChI=1S/C26H30/c1-2-4-19(5-3-1)20-7-8-21-13-22-10-11-26(16-18-6-9-25(26)12-18)17-24(22)15-23(21)14-20/h6-8,13-15,19,25H,1-5,9-12,16-17H2. The normalized spacial score (nSPS) is 30.8. The quantitative estimate of drug-likeness (QED) is 0.485. The van der Waals surface area contributed by atoms with Gasteiger partial charge in [0.05, 0.1) is 0 Å². The molecule has 2 fully saturated rings. The Morgan fingerprint density at radius 1 is 0.846 bits per heavy atom. The van der Waals surface area contributed by atoms with Crippen LogP contribution in [0.1, 0.15) is 80.4 Å². The molecule has 2 saturated carbocycles. The summed E-state index contributed by atoms with van der Waals surface area (Å²) in [4.78, 5) is 0. The van der Waals surface area contributed by atoms with Crippen LogP contribution < -0.4 is 0 Å². The summed E-state index contributed by atoms with van der Waals surface area (Å²) in [7, 11) is 0. The monoisotopic (exact) mass is 342 g/mol. The van der Waals surface area contributed by atoms with Gasteiger partial charge in [0, 0.05) is 0 Å². The number of hydrogen-bond acceptors (Lipinski definition) is 0. The summed E-state index contributed by atoms with van der Waals surface area (Å²) in [5, 5.41) is 2.97. The topological polar surface area (TPSA) is 0 Å². The minimum absolute atomic E-state index is 0.617. The molecule has 4 aliphatic rings. The van der Waals surface area contributed by atoms with Gasteiger partial charge in [-0.15, -0.1) is 0 Å². The highest BCUT2D eigenvalue weighted by Crippen LogP contribution is 2.58. The van der Waals surface area contributed by atoms with Crippen LogP contribution in [0, 0.1) is 11.3 Å². The molecule has 4 aliphatic carbocycles. The van der Waals surface area contributed by atoms with E-state index in [1.165, 1.54) is 81.4 Å². The van der Waals surface area contributed by atoms with Crippen LogP contribution >= 0.6 is 0 Å². The molecule has 0 aromatic heterocycles. The van der Waals surface area contributed by atoms with Gasteiger partial charge < -0.3 is 0 Å². The third kappa shape index (κ3) is 2.34. The lowest BCUT2D eigenvalue weighted by atomic mass is 9.64. The first-order valence-corrected chi connectivity index (χ1v) is 11.0. The van der Waals surface area contributed by atoms with Crippen molar-refractivity contribution in [1.29, 1.82) is 0 Å². The summed E-state index contributed by atoms with van der Waals surface area (Å²) in [6.45, 7) is 0. The van der Waals surface area contributed by atoms with Crippen molar-refractivity contribution in [2.75, 3.05) is 0 Å². The van der Waals surface area contributed by atoms with E-state index < -0.39 is 0 Å². The first-order valence-electron chi connectivity index (χ1n) is 11.0. The van der Waals surface area contributed by atoms with Gasteiger partial charge in [0.2, 0.25) is 0 Å². The number of hydrogen-bond donors (Lipinski definition) is 0.